The number of sulfone groups is 1. The molecule has 0 saturated heterocycles. The van der Waals surface area contributed by atoms with Gasteiger partial charge in [0.05, 0.1) is 9.79 Å². The van der Waals surface area contributed by atoms with Crippen LogP contribution in [0.3, 0.4) is 0 Å². The number of nitrogen functional groups attached to an aromatic ring is 1. The Morgan fingerprint density at radius 3 is 2.11 bits per heavy atom. The van der Waals surface area contributed by atoms with E-state index in [9.17, 15) is 12.8 Å². The van der Waals surface area contributed by atoms with Crippen molar-refractivity contribution in [3.63, 3.8) is 0 Å². The lowest BCUT2D eigenvalue weighted by Crippen LogP contribution is -2.03. The van der Waals surface area contributed by atoms with Gasteiger partial charge in [-0.15, -0.1) is 0 Å². The second-order valence-electron chi connectivity index (χ2n) is 3.98. The summed E-state index contributed by atoms with van der Waals surface area (Å²) in [6, 6.07) is 9.63. The molecule has 0 unspecified atom stereocenters. The van der Waals surface area contributed by atoms with Crippen molar-refractivity contribution in [1.82, 2.24) is 0 Å². The van der Waals surface area contributed by atoms with E-state index in [1.807, 2.05) is 0 Å². The third-order valence-corrected chi connectivity index (χ3v) is 4.40. The van der Waals surface area contributed by atoms with Crippen LogP contribution in [0.2, 0.25) is 0 Å². The Morgan fingerprint density at radius 1 is 1.00 bits per heavy atom. The molecule has 2 aromatic rings. The van der Waals surface area contributed by atoms with Crippen molar-refractivity contribution in [2.24, 2.45) is 0 Å². The highest BCUT2D eigenvalue weighted by Gasteiger charge is 2.18. The van der Waals surface area contributed by atoms with E-state index in [-0.39, 0.29) is 9.79 Å². The number of aryl methyl sites for hydroxylation is 1. The van der Waals surface area contributed by atoms with Gasteiger partial charge in [0.2, 0.25) is 9.84 Å². The molecular weight excluding hydrogens is 253 g/mol. The van der Waals surface area contributed by atoms with Gasteiger partial charge in [0.25, 0.3) is 0 Å². The van der Waals surface area contributed by atoms with E-state index in [0.717, 1.165) is 6.07 Å². The van der Waals surface area contributed by atoms with Crippen molar-refractivity contribution < 1.29 is 12.8 Å². The highest BCUT2D eigenvalue weighted by molar-refractivity contribution is 7.91. The number of benzene rings is 2. The van der Waals surface area contributed by atoms with Gasteiger partial charge in [-0.3, -0.25) is 0 Å². The molecule has 0 spiro atoms. The minimum Gasteiger partial charge on any atom is -0.399 e. The fourth-order valence-corrected chi connectivity index (χ4v) is 2.91. The van der Waals surface area contributed by atoms with Gasteiger partial charge in [-0.25, -0.2) is 12.8 Å². The molecule has 0 aliphatic heterocycles. The zero-order valence-electron chi connectivity index (χ0n) is 9.72. The first kappa shape index (κ1) is 12.6. The van der Waals surface area contributed by atoms with Gasteiger partial charge in [-0.1, -0.05) is 0 Å². The average molecular weight is 265 g/mol. The number of hydrogen-bond acceptors (Lipinski definition) is 3. The van der Waals surface area contributed by atoms with Crippen LogP contribution >= 0.6 is 0 Å². The van der Waals surface area contributed by atoms with Gasteiger partial charge >= 0.3 is 0 Å². The molecule has 0 amide bonds. The van der Waals surface area contributed by atoms with Gasteiger partial charge < -0.3 is 5.73 Å². The molecular formula is C13H12FNO2S. The number of anilines is 1. The molecule has 0 aliphatic carbocycles. The summed E-state index contributed by atoms with van der Waals surface area (Å²) >= 11 is 0. The average Bonchev–Trinajstić information content (AvgIpc) is 2.33. The lowest BCUT2D eigenvalue weighted by molar-refractivity contribution is 0.593. The van der Waals surface area contributed by atoms with E-state index >= 15 is 0 Å². The van der Waals surface area contributed by atoms with Crippen molar-refractivity contribution in [3.8, 4) is 0 Å². The highest BCUT2D eigenvalue weighted by atomic mass is 32.2. The molecule has 0 aromatic heterocycles. The monoisotopic (exact) mass is 265 g/mol. The maximum Gasteiger partial charge on any atom is 0.206 e. The van der Waals surface area contributed by atoms with E-state index in [0.29, 0.717) is 11.3 Å². The summed E-state index contributed by atoms with van der Waals surface area (Å²) in [6.45, 7) is 1.53. The molecule has 5 heteroatoms. The molecule has 0 saturated carbocycles. The van der Waals surface area contributed by atoms with E-state index < -0.39 is 15.7 Å². The first-order chi connectivity index (χ1) is 8.41. The molecule has 0 aliphatic rings. The van der Waals surface area contributed by atoms with Crippen LogP contribution < -0.4 is 5.73 Å². The summed E-state index contributed by atoms with van der Waals surface area (Å²) in [6.07, 6.45) is 0. The van der Waals surface area contributed by atoms with Crippen LogP contribution in [0.15, 0.2) is 52.3 Å². The third kappa shape index (κ3) is 2.22. The Hall–Kier alpha value is -1.88. The van der Waals surface area contributed by atoms with Crippen LogP contribution in [0.5, 0.6) is 0 Å². The predicted molar refractivity (Wildman–Crippen MR) is 67.4 cm³/mol. The zero-order valence-corrected chi connectivity index (χ0v) is 10.5. The van der Waals surface area contributed by atoms with Gasteiger partial charge in [0.15, 0.2) is 0 Å². The first-order valence-electron chi connectivity index (χ1n) is 5.28. The molecule has 0 heterocycles. The normalized spacial score (nSPS) is 11.4. The third-order valence-electron chi connectivity index (χ3n) is 2.63. The number of rotatable bonds is 2. The summed E-state index contributed by atoms with van der Waals surface area (Å²) in [5.74, 6) is -0.425. The fourth-order valence-electron chi connectivity index (χ4n) is 1.57. The Balaban J connectivity index is 2.54. The molecule has 2 N–H and O–H groups in total. The summed E-state index contributed by atoms with van der Waals surface area (Å²) < 4.78 is 37.6. The number of halogens is 1. The van der Waals surface area contributed by atoms with Gasteiger partial charge in [0, 0.05) is 5.69 Å². The molecule has 18 heavy (non-hydrogen) atoms. The predicted octanol–water partition coefficient (Wildman–Crippen LogP) is 2.55. The number of hydrogen-bond donors (Lipinski definition) is 1. The van der Waals surface area contributed by atoms with Crippen LogP contribution in [-0.2, 0) is 9.84 Å². The Labute approximate surface area is 105 Å². The standard InChI is InChI=1S/C13H12FNO2S/c1-9-8-12(6-7-13(9)14)18(16,17)11-4-2-10(15)3-5-11/h2-8H,15H2,1H3. The molecule has 3 nitrogen and oxygen atoms in total. The van der Waals surface area contributed by atoms with Crippen molar-refractivity contribution >= 4 is 15.5 Å². The van der Waals surface area contributed by atoms with Gasteiger partial charge in [-0.2, -0.15) is 0 Å². The Morgan fingerprint density at radius 2 is 1.56 bits per heavy atom. The molecule has 0 atom stereocenters. The first-order valence-corrected chi connectivity index (χ1v) is 6.76. The van der Waals surface area contributed by atoms with E-state index in [2.05, 4.69) is 0 Å². The zero-order chi connectivity index (χ0) is 13.3. The molecule has 2 rings (SSSR count). The molecule has 2 aromatic carbocycles. The van der Waals surface area contributed by atoms with E-state index in [1.54, 1.807) is 0 Å². The maximum absolute atomic E-state index is 13.1. The van der Waals surface area contributed by atoms with Crippen LogP contribution in [0.1, 0.15) is 5.56 Å². The maximum atomic E-state index is 13.1. The van der Waals surface area contributed by atoms with E-state index in [1.165, 1.54) is 43.3 Å². The topological polar surface area (TPSA) is 60.2 Å². The quantitative estimate of drug-likeness (QED) is 0.670. The summed E-state index contributed by atoms with van der Waals surface area (Å²) in [7, 11) is -3.62. The molecule has 0 radical (unpaired) electrons. The van der Waals surface area contributed by atoms with Crippen LogP contribution in [-0.4, -0.2) is 8.42 Å². The van der Waals surface area contributed by atoms with Crippen molar-refractivity contribution in [2.45, 2.75) is 16.7 Å². The molecule has 0 fully saturated rings. The second-order valence-corrected chi connectivity index (χ2v) is 5.93. The van der Waals surface area contributed by atoms with Gasteiger partial charge in [-0.05, 0) is 55.0 Å². The minimum absolute atomic E-state index is 0.0752. The van der Waals surface area contributed by atoms with Gasteiger partial charge in [0.1, 0.15) is 5.82 Å². The SMILES string of the molecule is Cc1cc(S(=O)(=O)c2ccc(N)cc2)ccc1F. The van der Waals surface area contributed by atoms with E-state index in [4.69, 9.17) is 5.73 Å². The largest absolute Gasteiger partial charge is 0.399 e. The van der Waals surface area contributed by atoms with Crippen molar-refractivity contribution in [1.29, 1.82) is 0 Å². The van der Waals surface area contributed by atoms with Crippen LogP contribution in [0.25, 0.3) is 0 Å². The van der Waals surface area contributed by atoms with Crippen LogP contribution in [0, 0.1) is 12.7 Å². The van der Waals surface area contributed by atoms with Crippen molar-refractivity contribution in [3.05, 3.63) is 53.8 Å². The summed E-state index contributed by atoms with van der Waals surface area (Å²) in [5.41, 5.74) is 6.30. The molecule has 94 valence electrons. The molecule has 0 bridgehead atoms. The minimum atomic E-state index is -3.62. The Kier molecular flexibility index (Phi) is 3.09. The number of nitrogens with two attached hydrogens (primary N) is 1. The summed E-state index contributed by atoms with van der Waals surface area (Å²) in [5, 5.41) is 0. The lowest BCUT2D eigenvalue weighted by atomic mass is 10.2. The lowest BCUT2D eigenvalue weighted by Gasteiger charge is -2.06. The van der Waals surface area contributed by atoms with Crippen LogP contribution in [0.4, 0.5) is 10.1 Å². The fraction of sp³-hybridized carbons (Fsp3) is 0.0769. The summed E-state index contributed by atoms with van der Waals surface area (Å²) in [4.78, 5) is 0.217. The highest BCUT2D eigenvalue weighted by Crippen LogP contribution is 2.23. The Bertz CT molecular complexity index is 679. The second kappa shape index (κ2) is 4.42. The smallest absolute Gasteiger partial charge is 0.206 e. The van der Waals surface area contributed by atoms with Crippen molar-refractivity contribution in [2.75, 3.05) is 5.73 Å².